The molecule has 1 aromatic heterocycles. The van der Waals surface area contributed by atoms with E-state index in [1.165, 1.54) is 41.7 Å². The van der Waals surface area contributed by atoms with Gasteiger partial charge in [-0.25, -0.2) is 0 Å². The number of hydrogen-bond donors (Lipinski definition) is 0. The van der Waals surface area contributed by atoms with Crippen LogP contribution in [0.2, 0.25) is 5.02 Å². The maximum Gasteiger partial charge on any atom is 0.236 e. The van der Waals surface area contributed by atoms with Gasteiger partial charge < -0.3 is 9.80 Å². The van der Waals surface area contributed by atoms with E-state index in [9.17, 15) is 9.59 Å². The van der Waals surface area contributed by atoms with Crippen molar-refractivity contribution >= 4 is 34.8 Å². The molecule has 1 aromatic carbocycles. The minimum Gasteiger partial charge on any atom is -0.341 e. The Morgan fingerprint density at radius 1 is 0.886 bits per heavy atom. The molecule has 35 heavy (non-hydrogen) atoms. The monoisotopic (exact) mass is 513 g/mol. The zero-order valence-corrected chi connectivity index (χ0v) is 22.0. The number of hydrogen-bond acceptors (Lipinski definition) is 4. The summed E-state index contributed by atoms with van der Waals surface area (Å²) in [5.41, 5.74) is 2.49. The Kier molecular flexibility index (Phi) is 8.11. The fourth-order valence-corrected chi connectivity index (χ4v) is 7.08. The third kappa shape index (κ3) is 5.92. The number of halogens is 1. The standard InChI is InChI=1S/C28H36ClN3O2S/c29-23-9-7-22(8-10-23)28-24-13-19-35-25(24)12-16-32(28)20-27(34)31-15-3-14-30(17-18-31)26(33)11-6-21-4-1-2-5-21/h7-10,13,19,21,28H,1-6,11-12,14-18,20H2/t28-/m0/s1. The minimum atomic E-state index is 0.0758. The maximum atomic E-state index is 13.4. The summed E-state index contributed by atoms with van der Waals surface area (Å²) in [5, 5.41) is 2.89. The van der Waals surface area contributed by atoms with Gasteiger partial charge in [-0.3, -0.25) is 14.5 Å². The number of carbonyl (C=O) groups is 2. The van der Waals surface area contributed by atoms with E-state index in [0.29, 0.717) is 26.1 Å². The number of carbonyl (C=O) groups excluding carboxylic acids is 2. The molecule has 3 heterocycles. The smallest absolute Gasteiger partial charge is 0.236 e. The van der Waals surface area contributed by atoms with Gasteiger partial charge in [0.25, 0.3) is 0 Å². The van der Waals surface area contributed by atoms with Crippen LogP contribution in [-0.4, -0.2) is 65.8 Å². The number of fused-ring (bicyclic) bond motifs is 1. The maximum absolute atomic E-state index is 13.4. The Bertz CT molecular complexity index is 1020. The van der Waals surface area contributed by atoms with E-state index < -0.39 is 0 Å². The van der Waals surface area contributed by atoms with Gasteiger partial charge in [0.15, 0.2) is 0 Å². The van der Waals surface area contributed by atoms with Crippen molar-refractivity contribution in [2.24, 2.45) is 5.92 Å². The molecule has 1 saturated carbocycles. The zero-order valence-electron chi connectivity index (χ0n) is 20.5. The largest absolute Gasteiger partial charge is 0.341 e. The third-order valence-electron chi connectivity index (χ3n) is 8.03. The Hall–Kier alpha value is -1.89. The first-order chi connectivity index (χ1) is 17.1. The number of thiophene rings is 1. The van der Waals surface area contributed by atoms with Gasteiger partial charge in [0.2, 0.25) is 11.8 Å². The second-order valence-corrected chi connectivity index (χ2v) is 11.7. The summed E-state index contributed by atoms with van der Waals surface area (Å²) in [6.07, 6.45) is 8.75. The molecule has 2 aliphatic heterocycles. The number of rotatable bonds is 6. The molecule has 1 saturated heterocycles. The van der Waals surface area contributed by atoms with Crippen LogP contribution in [0, 0.1) is 5.92 Å². The molecule has 0 spiro atoms. The van der Waals surface area contributed by atoms with Crippen LogP contribution in [0.25, 0.3) is 0 Å². The Morgan fingerprint density at radius 2 is 1.60 bits per heavy atom. The highest BCUT2D eigenvalue weighted by atomic mass is 35.5. The van der Waals surface area contributed by atoms with Gasteiger partial charge in [-0.05, 0) is 59.9 Å². The molecule has 0 unspecified atom stereocenters. The molecular formula is C28H36ClN3O2S. The van der Waals surface area contributed by atoms with Crippen LogP contribution in [0.4, 0.5) is 0 Å². The molecule has 5 rings (SSSR count). The first-order valence-electron chi connectivity index (χ1n) is 13.2. The Morgan fingerprint density at radius 3 is 2.34 bits per heavy atom. The first-order valence-corrected chi connectivity index (χ1v) is 14.5. The lowest BCUT2D eigenvalue weighted by atomic mass is 9.93. The van der Waals surface area contributed by atoms with Gasteiger partial charge >= 0.3 is 0 Å². The highest BCUT2D eigenvalue weighted by Crippen LogP contribution is 2.38. The van der Waals surface area contributed by atoms with E-state index in [2.05, 4.69) is 28.5 Å². The normalized spacial score (nSPS) is 21.7. The van der Waals surface area contributed by atoms with Crippen molar-refractivity contribution in [3.63, 3.8) is 0 Å². The molecule has 5 nitrogen and oxygen atoms in total. The molecule has 2 fully saturated rings. The van der Waals surface area contributed by atoms with Gasteiger partial charge in [-0.15, -0.1) is 11.3 Å². The fourth-order valence-electron chi connectivity index (χ4n) is 6.05. The summed E-state index contributed by atoms with van der Waals surface area (Å²) < 4.78 is 0. The van der Waals surface area contributed by atoms with Crippen LogP contribution in [0.1, 0.15) is 67.0 Å². The minimum absolute atomic E-state index is 0.0758. The quantitative estimate of drug-likeness (QED) is 0.521. The number of amides is 2. The third-order valence-corrected chi connectivity index (χ3v) is 9.28. The first kappa shape index (κ1) is 24.8. The zero-order chi connectivity index (χ0) is 24.2. The van der Waals surface area contributed by atoms with Crippen LogP contribution in [-0.2, 0) is 16.0 Å². The van der Waals surface area contributed by atoms with E-state index in [-0.39, 0.29) is 17.9 Å². The topological polar surface area (TPSA) is 43.9 Å². The molecule has 0 bridgehead atoms. The Balaban J connectivity index is 1.20. The highest BCUT2D eigenvalue weighted by molar-refractivity contribution is 7.10. The second-order valence-electron chi connectivity index (χ2n) is 10.3. The van der Waals surface area contributed by atoms with Gasteiger partial charge in [0.05, 0.1) is 12.6 Å². The van der Waals surface area contributed by atoms with Gasteiger partial charge in [0, 0.05) is 49.0 Å². The van der Waals surface area contributed by atoms with Crippen molar-refractivity contribution in [1.29, 1.82) is 0 Å². The van der Waals surface area contributed by atoms with E-state index in [0.717, 1.165) is 49.8 Å². The summed E-state index contributed by atoms with van der Waals surface area (Å²) >= 11 is 7.96. The van der Waals surface area contributed by atoms with Crippen LogP contribution in [0.3, 0.4) is 0 Å². The van der Waals surface area contributed by atoms with Gasteiger partial charge in [-0.2, -0.15) is 0 Å². The molecule has 1 aliphatic carbocycles. The molecule has 0 N–H and O–H groups in total. The molecule has 1 atom stereocenters. The molecule has 188 valence electrons. The summed E-state index contributed by atoms with van der Waals surface area (Å²) in [4.78, 5) is 34.0. The molecule has 2 aromatic rings. The van der Waals surface area contributed by atoms with Crippen molar-refractivity contribution in [2.45, 2.75) is 57.4 Å². The molecule has 0 radical (unpaired) electrons. The van der Waals surface area contributed by atoms with E-state index in [1.54, 1.807) is 0 Å². The summed E-state index contributed by atoms with van der Waals surface area (Å²) in [6.45, 7) is 4.06. The summed E-state index contributed by atoms with van der Waals surface area (Å²) in [6, 6.07) is 10.3. The predicted molar refractivity (Wildman–Crippen MR) is 142 cm³/mol. The fraction of sp³-hybridized carbons (Fsp3) is 0.571. The number of nitrogens with zero attached hydrogens (tertiary/aromatic N) is 3. The molecule has 3 aliphatic rings. The Labute approximate surface area is 218 Å². The van der Waals surface area contributed by atoms with Crippen molar-refractivity contribution in [3.05, 3.63) is 56.7 Å². The summed E-state index contributed by atoms with van der Waals surface area (Å²) in [7, 11) is 0. The highest BCUT2D eigenvalue weighted by Gasteiger charge is 2.32. The lowest BCUT2D eigenvalue weighted by Gasteiger charge is -2.37. The molecule has 7 heteroatoms. The lowest BCUT2D eigenvalue weighted by molar-refractivity contribution is -0.134. The van der Waals surface area contributed by atoms with Crippen molar-refractivity contribution in [3.8, 4) is 0 Å². The molecule has 2 amide bonds. The van der Waals surface area contributed by atoms with Crippen LogP contribution in [0.15, 0.2) is 35.7 Å². The van der Waals surface area contributed by atoms with Gasteiger partial charge in [-0.1, -0.05) is 49.4 Å². The van der Waals surface area contributed by atoms with Gasteiger partial charge in [0.1, 0.15) is 0 Å². The average molecular weight is 514 g/mol. The van der Waals surface area contributed by atoms with Crippen molar-refractivity contribution < 1.29 is 9.59 Å². The molecular weight excluding hydrogens is 478 g/mol. The lowest BCUT2D eigenvalue weighted by Crippen LogP contribution is -2.45. The van der Waals surface area contributed by atoms with Crippen molar-refractivity contribution in [1.82, 2.24) is 14.7 Å². The van der Waals surface area contributed by atoms with Crippen LogP contribution in [0.5, 0.6) is 0 Å². The number of benzene rings is 1. The van der Waals surface area contributed by atoms with E-state index in [1.807, 2.05) is 33.3 Å². The SMILES string of the molecule is O=C(CCC1CCCC1)N1CCCN(C(=O)CN2CCc3sccc3[C@@H]2c2ccc(Cl)cc2)CC1. The van der Waals surface area contributed by atoms with E-state index in [4.69, 9.17) is 11.6 Å². The second kappa shape index (κ2) is 11.4. The van der Waals surface area contributed by atoms with Crippen molar-refractivity contribution in [2.75, 3.05) is 39.3 Å². The van der Waals surface area contributed by atoms with E-state index >= 15 is 0 Å². The predicted octanol–water partition coefficient (Wildman–Crippen LogP) is 5.38. The van der Waals surface area contributed by atoms with Crippen LogP contribution >= 0.6 is 22.9 Å². The summed E-state index contributed by atoms with van der Waals surface area (Å²) in [5.74, 6) is 1.18. The van der Waals surface area contributed by atoms with Crippen LogP contribution < -0.4 is 0 Å². The average Bonchev–Trinajstić information content (AvgIpc) is 3.50.